The number of nitrogens with zero attached hydrogens (tertiary/aromatic N) is 3. The number of hydrogen-bond acceptors (Lipinski definition) is 6. The monoisotopic (exact) mass is 641 g/mol. The number of rotatable bonds is 9. The van der Waals surface area contributed by atoms with Gasteiger partial charge in [0.25, 0.3) is 5.91 Å². The Labute approximate surface area is 270 Å². The number of hydrogen-bond donors (Lipinski definition) is 2. The molecule has 2 N–H and O–H groups in total. The highest BCUT2D eigenvalue weighted by Gasteiger charge is 2.34. The van der Waals surface area contributed by atoms with Crippen LogP contribution in [0.3, 0.4) is 0 Å². The average molecular weight is 643 g/mol. The lowest BCUT2D eigenvalue weighted by atomic mass is 9.95. The lowest BCUT2D eigenvalue weighted by molar-refractivity contribution is -0.113. The lowest BCUT2D eigenvalue weighted by Gasteiger charge is -2.29. The summed E-state index contributed by atoms with van der Waals surface area (Å²) in [5.41, 5.74) is 5.86. The fourth-order valence-electron chi connectivity index (χ4n) is 4.97. The molecule has 0 spiro atoms. The lowest BCUT2D eigenvalue weighted by Crippen LogP contribution is -2.31. The van der Waals surface area contributed by atoms with Gasteiger partial charge in [0.1, 0.15) is 18.4 Å². The summed E-state index contributed by atoms with van der Waals surface area (Å²) in [4.78, 5) is 18.7. The SMILES string of the molecule is CC1=C(C(=O)Nc2ccccc2C)C(c2ccc(OCc3ccc(Cl)cc3Cl)cc2)n2nc(SCc3ccccc3)nc2N1. The second-order valence-electron chi connectivity index (χ2n) is 10.4. The van der Waals surface area contributed by atoms with Gasteiger partial charge in [-0.05, 0) is 60.9 Å². The maximum absolute atomic E-state index is 13.9. The molecule has 44 heavy (non-hydrogen) atoms. The van der Waals surface area contributed by atoms with Gasteiger partial charge in [-0.2, -0.15) is 4.98 Å². The van der Waals surface area contributed by atoms with Crippen LogP contribution in [0.4, 0.5) is 11.6 Å². The molecule has 5 aromatic rings. The Morgan fingerprint density at radius 1 is 0.977 bits per heavy atom. The zero-order valence-electron chi connectivity index (χ0n) is 24.1. The van der Waals surface area contributed by atoms with Gasteiger partial charge in [-0.1, -0.05) is 102 Å². The third-order valence-electron chi connectivity index (χ3n) is 7.29. The number of carbonyl (C=O) groups is 1. The topological polar surface area (TPSA) is 81.1 Å². The second-order valence-corrected chi connectivity index (χ2v) is 12.2. The first kappa shape index (κ1) is 29.8. The van der Waals surface area contributed by atoms with Gasteiger partial charge >= 0.3 is 0 Å². The van der Waals surface area contributed by atoms with Gasteiger partial charge in [0.05, 0.1) is 5.57 Å². The van der Waals surface area contributed by atoms with Crippen LogP contribution in [0, 0.1) is 6.92 Å². The maximum Gasteiger partial charge on any atom is 0.255 e. The van der Waals surface area contributed by atoms with Crippen molar-refractivity contribution in [3.63, 3.8) is 0 Å². The molecular weight excluding hydrogens is 613 g/mol. The van der Waals surface area contributed by atoms with Crippen LogP contribution in [-0.2, 0) is 17.2 Å². The Morgan fingerprint density at radius 2 is 1.73 bits per heavy atom. The highest BCUT2D eigenvalue weighted by atomic mass is 35.5. The molecule has 1 aromatic heterocycles. The van der Waals surface area contributed by atoms with Crippen molar-refractivity contribution in [3.8, 4) is 5.75 Å². The number of thioether (sulfide) groups is 1. The first-order chi connectivity index (χ1) is 21.4. The van der Waals surface area contributed by atoms with Gasteiger partial charge in [0.2, 0.25) is 11.1 Å². The number of allylic oxidation sites excluding steroid dienone is 1. The molecule has 7 nitrogen and oxygen atoms in total. The van der Waals surface area contributed by atoms with E-state index in [0.717, 1.165) is 28.1 Å². The van der Waals surface area contributed by atoms with E-state index in [9.17, 15) is 4.79 Å². The van der Waals surface area contributed by atoms with Gasteiger partial charge in [-0.3, -0.25) is 4.79 Å². The first-order valence-corrected chi connectivity index (χ1v) is 15.7. The third kappa shape index (κ3) is 6.63. The van der Waals surface area contributed by atoms with Crippen LogP contribution < -0.4 is 15.4 Å². The number of nitrogens with one attached hydrogen (secondary N) is 2. The van der Waals surface area contributed by atoms with Gasteiger partial charge in [-0.15, -0.1) is 5.10 Å². The first-order valence-electron chi connectivity index (χ1n) is 14.0. The molecule has 1 unspecified atom stereocenters. The summed E-state index contributed by atoms with van der Waals surface area (Å²) in [6.07, 6.45) is 0. The van der Waals surface area contributed by atoms with E-state index in [0.29, 0.717) is 44.8 Å². The van der Waals surface area contributed by atoms with E-state index in [2.05, 4.69) is 22.8 Å². The minimum Gasteiger partial charge on any atom is -0.489 e. The molecule has 4 aromatic carbocycles. The van der Waals surface area contributed by atoms with E-state index in [1.807, 2.05) is 86.6 Å². The fraction of sp³-hybridized carbons (Fsp3) is 0.147. The van der Waals surface area contributed by atoms with Crippen molar-refractivity contribution >= 4 is 52.5 Å². The molecule has 1 aliphatic heterocycles. The summed E-state index contributed by atoms with van der Waals surface area (Å²) >= 11 is 13.9. The smallest absolute Gasteiger partial charge is 0.255 e. The summed E-state index contributed by atoms with van der Waals surface area (Å²) in [6.45, 7) is 4.15. The number of ether oxygens (including phenoxy) is 1. The van der Waals surface area contributed by atoms with Gasteiger partial charge in [0, 0.05) is 32.7 Å². The van der Waals surface area contributed by atoms with Crippen LogP contribution in [0.1, 0.15) is 35.2 Å². The largest absolute Gasteiger partial charge is 0.489 e. The van der Waals surface area contributed by atoms with Gasteiger partial charge < -0.3 is 15.4 Å². The number of aryl methyl sites for hydroxylation is 1. The number of halogens is 2. The normalized spacial score (nSPS) is 14.1. The Hall–Kier alpha value is -4.24. The standard InChI is InChI=1S/C34H29Cl2N5O2S/c1-21-8-6-7-11-29(21)38-32(42)30-22(2)37-33-39-34(44-20-23-9-4-3-5-10-23)40-41(33)31(30)24-13-16-27(17-14-24)43-19-25-12-15-26(35)18-28(25)36/h3-18,31H,19-20H2,1-2H3,(H,38,42)(H,37,39,40). The summed E-state index contributed by atoms with van der Waals surface area (Å²) in [5, 5.41) is 13.0. The van der Waals surface area contributed by atoms with Crippen molar-refractivity contribution < 1.29 is 9.53 Å². The Morgan fingerprint density at radius 3 is 2.48 bits per heavy atom. The van der Waals surface area contributed by atoms with Crippen LogP contribution in [0.5, 0.6) is 5.75 Å². The van der Waals surface area contributed by atoms with Crippen molar-refractivity contribution in [1.82, 2.24) is 14.8 Å². The van der Waals surface area contributed by atoms with E-state index in [1.165, 1.54) is 5.56 Å². The summed E-state index contributed by atoms with van der Waals surface area (Å²) in [7, 11) is 0. The van der Waals surface area contributed by atoms with Crippen LogP contribution in [-0.4, -0.2) is 20.7 Å². The van der Waals surface area contributed by atoms with Gasteiger partial charge in [-0.25, -0.2) is 4.68 Å². The number of aromatic nitrogens is 3. The number of fused-ring (bicyclic) bond motifs is 1. The van der Waals surface area contributed by atoms with Crippen molar-refractivity contribution in [1.29, 1.82) is 0 Å². The zero-order chi connectivity index (χ0) is 30.6. The molecule has 1 aliphatic rings. The van der Waals surface area contributed by atoms with Crippen molar-refractivity contribution in [3.05, 3.63) is 141 Å². The molecule has 10 heteroatoms. The van der Waals surface area contributed by atoms with E-state index >= 15 is 0 Å². The van der Waals surface area contributed by atoms with E-state index < -0.39 is 6.04 Å². The Balaban J connectivity index is 1.30. The second kappa shape index (κ2) is 13.2. The van der Waals surface area contributed by atoms with Crippen molar-refractivity contribution in [2.45, 2.75) is 37.4 Å². The third-order valence-corrected chi connectivity index (χ3v) is 8.78. The highest BCUT2D eigenvalue weighted by Crippen LogP contribution is 2.38. The number of amides is 1. The maximum atomic E-state index is 13.9. The molecule has 0 saturated heterocycles. The van der Waals surface area contributed by atoms with E-state index in [1.54, 1.807) is 28.6 Å². The van der Waals surface area contributed by atoms with Gasteiger partial charge in [0.15, 0.2) is 0 Å². The van der Waals surface area contributed by atoms with Crippen LogP contribution in [0.2, 0.25) is 10.0 Å². The molecule has 1 amide bonds. The van der Waals surface area contributed by atoms with E-state index in [-0.39, 0.29) is 5.91 Å². The molecule has 0 saturated carbocycles. The summed E-state index contributed by atoms with van der Waals surface area (Å²) in [6, 6.07) is 30.4. The number of carbonyl (C=O) groups excluding carboxylic acids is 1. The predicted molar refractivity (Wildman–Crippen MR) is 178 cm³/mol. The average Bonchev–Trinajstić information content (AvgIpc) is 3.43. The molecule has 0 radical (unpaired) electrons. The zero-order valence-corrected chi connectivity index (χ0v) is 26.4. The molecule has 0 fully saturated rings. The minimum absolute atomic E-state index is 0.216. The predicted octanol–water partition coefficient (Wildman–Crippen LogP) is 8.69. The Bertz CT molecular complexity index is 1840. The molecule has 0 aliphatic carbocycles. The van der Waals surface area contributed by atoms with E-state index in [4.69, 9.17) is 38.0 Å². The summed E-state index contributed by atoms with van der Waals surface area (Å²) in [5.74, 6) is 1.75. The van der Waals surface area contributed by atoms with Crippen LogP contribution >= 0.6 is 35.0 Å². The quantitative estimate of drug-likeness (QED) is 0.157. The van der Waals surface area contributed by atoms with Crippen LogP contribution in [0.25, 0.3) is 0 Å². The molecule has 6 rings (SSSR count). The molecule has 1 atom stereocenters. The number of para-hydroxylation sites is 1. The molecule has 222 valence electrons. The summed E-state index contributed by atoms with van der Waals surface area (Å²) < 4.78 is 7.81. The molecule has 0 bridgehead atoms. The molecule has 2 heterocycles. The highest BCUT2D eigenvalue weighted by molar-refractivity contribution is 7.98. The van der Waals surface area contributed by atoms with Crippen molar-refractivity contribution in [2.24, 2.45) is 0 Å². The number of benzene rings is 4. The van der Waals surface area contributed by atoms with Crippen LogP contribution in [0.15, 0.2) is 113 Å². The Kier molecular flexibility index (Phi) is 8.93. The number of anilines is 2. The fourth-order valence-corrected chi connectivity index (χ4v) is 6.21. The molecular formula is C34H29Cl2N5O2S. The van der Waals surface area contributed by atoms with Crippen molar-refractivity contribution in [2.75, 3.05) is 10.6 Å². The minimum atomic E-state index is -0.520.